The van der Waals surface area contributed by atoms with Crippen molar-refractivity contribution in [2.45, 2.75) is 5.41 Å². The summed E-state index contributed by atoms with van der Waals surface area (Å²) in [5.41, 5.74) is 16.3. The van der Waals surface area contributed by atoms with Crippen LogP contribution >= 0.6 is 0 Å². The highest BCUT2D eigenvalue weighted by Crippen LogP contribution is 2.64. The fourth-order valence-electron chi connectivity index (χ4n) is 9.70. The lowest BCUT2D eigenvalue weighted by molar-refractivity contribution is 0.794. The van der Waals surface area contributed by atoms with E-state index in [0.717, 1.165) is 44.1 Å². The van der Waals surface area contributed by atoms with Gasteiger partial charge in [0.1, 0.15) is 0 Å². The van der Waals surface area contributed by atoms with Crippen molar-refractivity contribution in [2.24, 2.45) is 0 Å². The maximum atomic E-state index is 9.31. The zero-order valence-electron chi connectivity index (χ0n) is 31.1. The van der Waals surface area contributed by atoms with E-state index in [2.05, 4.69) is 156 Å². The molecule has 0 fully saturated rings. The molecule has 2 heterocycles. The lowest BCUT2D eigenvalue weighted by Crippen LogP contribution is -2.25. The Balaban J connectivity index is 1.15. The largest absolute Gasteiger partial charge is 0.277 e. The van der Waals surface area contributed by atoms with E-state index in [1.807, 2.05) is 42.5 Å². The first kappa shape index (κ1) is 32.3. The number of benzene rings is 8. The smallest absolute Gasteiger partial charge is 0.238 e. The van der Waals surface area contributed by atoms with Gasteiger partial charge in [0.2, 0.25) is 5.95 Å². The van der Waals surface area contributed by atoms with Gasteiger partial charge in [-0.1, -0.05) is 170 Å². The molecule has 58 heavy (non-hydrogen) atoms. The standard InChI is InChI=1S/C53H31N5/c54-32-33-22-24-34(25-23-33)35-26-28-37(29-27-35)51-55-50(36-12-2-1-3-13-36)56-52(57-51)58-47-21-11-7-16-40(47)41-30-31-46-48(49(41)58)42-17-6-10-20-45(42)53(46)43-18-8-4-14-38(43)39-15-5-9-19-44(39)53/h1-31H. The average molecular weight is 738 g/mol. The molecule has 0 atom stereocenters. The number of nitrogens with zero attached hydrogens (tertiary/aromatic N) is 5. The minimum atomic E-state index is -0.481. The molecule has 0 unspecified atom stereocenters. The van der Waals surface area contributed by atoms with Crippen molar-refractivity contribution in [1.82, 2.24) is 19.5 Å². The summed E-state index contributed by atoms with van der Waals surface area (Å²) in [6.07, 6.45) is 0. The van der Waals surface area contributed by atoms with Gasteiger partial charge >= 0.3 is 0 Å². The predicted molar refractivity (Wildman–Crippen MR) is 231 cm³/mol. The van der Waals surface area contributed by atoms with E-state index in [1.165, 1.54) is 44.5 Å². The van der Waals surface area contributed by atoms with E-state index in [9.17, 15) is 5.26 Å². The number of para-hydroxylation sites is 1. The molecule has 5 nitrogen and oxygen atoms in total. The number of nitriles is 1. The minimum Gasteiger partial charge on any atom is -0.277 e. The van der Waals surface area contributed by atoms with Crippen molar-refractivity contribution in [3.8, 4) is 68.2 Å². The molecule has 2 aliphatic carbocycles. The Kier molecular flexibility index (Phi) is 6.84. The number of aromatic nitrogens is 4. The van der Waals surface area contributed by atoms with Gasteiger partial charge in [0.15, 0.2) is 11.6 Å². The van der Waals surface area contributed by atoms with E-state index in [0.29, 0.717) is 23.2 Å². The monoisotopic (exact) mass is 737 g/mol. The molecule has 10 aromatic rings. The number of hydrogen-bond acceptors (Lipinski definition) is 4. The quantitative estimate of drug-likeness (QED) is 0.180. The Bertz CT molecular complexity index is 3290. The van der Waals surface area contributed by atoms with Gasteiger partial charge in [0.05, 0.1) is 28.1 Å². The summed E-state index contributed by atoms with van der Waals surface area (Å²) in [5, 5.41) is 11.6. The highest BCUT2D eigenvalue weighted by atomic mass is 15.2. The Labute approximate surface area is 334 Å². The number of fused-ring (bicyclic) bond motifs is 14. The van der Waals surface area contributed by atoms with E-state index in [4.69, 9.17) is 15.0 Å². The second kappa shape index (κ2) is 12.3. The second-order valence-electron chi connectivity index (χ2n) is 15.0. The van der Waals surface area contributed by atoms with Gasteiger partial charge in [-0.2, -0.15) is 15.2 Å². The van der Waals surface area contributed by atoms with Crippen molar-refractivity contribution < 1.29 is 0 Å². The first-order valence-electron chi connectivity index (χ1n) is 19.5. The van der Waals surface area contributed by atoms with Gasteiger partial charge in [0.25, 0.3) is 0 Å². The van der Waals surface area contributed by atoms with E-state index >= 15 is 0 Å². The lowest BCUT2D eigenvalue weighted by atomic mass is 9.70. The molecule has 0 saturated heterocycles. The van der Waals surface area contributed by atoms with Gasteiger partial charge in [-0.25, -0.2) is 4.98 Å². The fraction of sp³-hybridized carbons (Fsp3) is 0.0189. The summed E-state index contributed by atoms with van der Waals surface area (Å²) in [6, 6.07) is 68.4. The summed E-state index contributed by atoms with van der Waals surface area (Å²) < 4.78 is 2.27. The van der Waals surface area contributed by atoms with Crippen molar-refractivity contribution in [2.75, 3.05) is 0 Å². The molecule has 0 N–H and O–H groups in total. The van der Waals surface area contributed by atoms with Crippen LogP contribution in [0.25, 0.3) is 83.9 Å². The maximum absolute atomic E-state index is 9.31. The molecule has 12 rings (SSSR count). The van der Waals surface area contributed by atoms with Crippen LogP contribution in [-0.2, 0) is 5.41 Å². The van der Waals surface area contributed by atoms with Crippen molar-refractivity contribution >= 4 is 21.8 Å². The molecular weight excluding hydrogens is 707 g/mol. The van der Waals surface area contributed by atoms with Crippen LogP contribution in [-0.4, -0.2) is 19.5 Å². The van der Waals surface area contributed by atoms with Crippen molar-refractivity contribution in [3.63, 3.8) is 0 Å². The normalized spacial score (nSPS) is 12.9. The van der Waals surface area contributed by atoms with Crippen LogP contribution in [0.5, 0.6) is 0 Å². The third-order valence-corrected chi connectivity index (χ3v) is 12.1. The minimum absolute atomic E-state index is 0.481. The molecule has 0 amide bonds. The fourth-order valence-corrected chi connectivity index (χ4v) is 9.70. The molecule has 1 spiro atoms. The first-order valence-corrected chi connectivity index (χ1v) is 19.5. The Morgan fingerprint density at radius 3 is 1.59 bits per heavy atom. The molecule has 0 bridgehead atoms. The molecule has 2 aliphatic rings. The number of rotatable bonds is 4. The van der Waals surface area contributed by atoms with E-state index in [1.54, 1.807) is 0 Å². The van der Waals surface area contributed by atoms with Crippen molar-refractivity contribution in [3.05, 3.63) is 216 Å². The van der Waals surface area contributed by atoms with Crippen LogP contribution in [0.1, 0.15) is 27.8 Å². The number of hydrogen-bond donors (Lipinski definition) is 0. The van der Waals surface area contributed by atoms with Gasteiger partial charge in [-0.15, -0.1) is 0 Å². The predicted octanol–water partition coefficient (Wildman–Crippen LogP) is 12.2. The van der Waals surface area contributed by atoms with Crippen LogP contribution < -0.4 is 0 Å². The van der Waals surface area contributed by atoms with Gasteiger partial charge < -0.3 is 0 Å². The van der Waals surface area contributed by atoms with Gasteiger partial charge in [-0.05, 0) is 68.3 Å². The molecule has 0 radical (unpaired) electrons. The third kappa shape index (κ3) is 4.43. The zero-order chi connectivity index (χ0) is 38.4. The molecule has 0 saturated carbocycles. The summed E-state index contributed by atoms with van der Waals surface area (Å²) in [5.74, 6) is 1.75. The Morgan fingerprint density at radius 1 is 0.414 bits per heavy atom. The average Bonchev–Trinajstić information content (AvgIpc) is 3.91. The topological polar surface area (TPSA) is 67.4 Å². The van der Waals surface area contributed by atoms with Crippen LogP contribution in [0.3, 0.4) is 0 Å². The van der Waals surface area contributed by atoms with E-state index < -0.39 is 5.41 Å². The van der Waals surface area contributed by atoms with Crippen LogP contribution in [0.15, 0.2) is 188 Å². The summed E-state index contributed by atoms with van der Waals surface area (Å²) in [6.45, 7) is 0. The van der Waals surface area contributed by atoms with Gasteiger partial charge in [-0.3, -0.25) is 4.57 Å². The second-order valence-corrected chi connectivity index (χ2v) is 15.0. The summed E-state index contributed by atoms with van der Waals surface area (Å²) >= 11 is 0. The van der Waals surface area contributed by atoms with Crippen molar-refractivity contribution in [1.29, 1.82) is 5.26 Å². The van der Waals surface area contributed by atoms with Gasteiger partial charge in [0, 0.05) is 27.5 Å². The molecule has 0 aliphatic heterocycles. The van der Waals surface area contributed by atoms with Crippen LogP contribution in [0.2, 0.25) is 0 Å². The Morgan fingerprint density at radius 2 is 0.931 bits per heavy atom. The van der Waals surface area contributed by atoms with E-state index in [-0.39, 0.29) is 0 Å². The maximum Gasteiger partial charge on any atom is 0.238 e. The highest BCUT2D eigenvalue weighted by Gasteiger charge is 2.52. The molecule has 5 heteroatoms. The van der Waals surface area contributed by atoms with Crippen LogP contribution in [0.4, 0.5) is 0 Å². The lowest BCUT2D eigenvalue weighted by Gasteiger charge is -2.30. The molecular formula is C53H31N5. The van der Waals surface area contributed by atoms with Crippen LogP contribution in [0, 0.1) is 11.3 Å². The molecule has 8 aromatic carbocycles. The highest BCUT2D eigenvalue weighted by molar-refractivity contribution is 6.16. The molecule has 2 aromatic heterocycles. The first-order chi connectivity index (χ1) is 28.7. The SMILES string of the molecule is N#Cc1ccc(-c2ccc(-c3nc(-c4ccccc4)nc(-n4c5ccccc5c5ccc6c(c54)-c4ccccc4C64c5ccccc5-c5ccccc54)n3)cc2)cc1. The molecule has 268 valence electrons. The summed E-state index contributed by atoms with van der Waals surface area (Å²) in [4.78, 5) is 15.8. The Hall–Kier alpha value is -7.94. The third-order valence-electron chi connectivity index (χ3n) is 12.1. The zero-order valence-corrected chi connectivity index (χ0v) is 31.1. The summed E-state index contributed by atoms with van der Waals surface area (Å²) in [7, 11) is 0.